The van der Waals surface area contributed by atoms with Crippen molar-refractivity contribution >= 4 is 32.0 Å². The van der Waals surface area contributed by atoms with E-state index in [4.69, 9.17) is 0 Å². The van der Waals surface area contributed by atoms with Crippen molar-refractivity contribution in [3.63, 3.8) is 0 Å². The molecule has 2 aromatic heterocycles. The Morgan fingerprint density at radius 1 is 1.29 bits per heavy atom. The number of carbonyl (C=O) groups is 1. The van der Waals surface area contributed by atoms with Crippen molar-refractivity contribution in [3.05, 3.63) is 33.7 Å². The molecule has 24 heavy (non-hydrogen) atoms. The van der Waals surface area contributed by atoms with Gasteiger partial charge in [-0.1, -0.05) is 0 Å². The Morgan fingerprint density at radius 3 is 2.67 bits per heavy atom. The molecule has 0 radical (unpaired) electrons. The zero-order valence-electron chi connectivity index (χ0n) is 13.2. The smallest absolute Gasteiger partial charge is 0.271 e. The Hall–Kier alpha value is -1.78. The number of rotatable bonds is 4. The van der Waals surface area contributed by atoms with Crippen LogP contribution in [0.15, 0.2) is 22.6 Å². The van der Waals surface area contributed by atoms with Crippen molar-refractivity contribution in [2.24, 2.45) is 0 Å². The van der Waals surface area contributed by atoms with E-state index in [-0.39, 0.29) is 22.8 Å². The highest BCUT2D eigenvalue weighted by molar-refractivity contribution is 7.90. The highest BCUT2D eigenvalue weighted by Crippen LogP contribution is 2.09. The van der Waals surface area contributed by atoms with Gasteiger partial charge in [-0.25, -0.2) is 13.4 Å². The number of piperazine rings is 1. The van der Waals surface area contributed by atoms with Crippen LogP contribution >= 0.6 is 11.3 Å². The lowest BCUT2D eigenvalue weighted by Gasteiger charge is -2.34. The second kappa shape index (κ2) is 6.61. The summed E-state index contributed by atoms with van der Waals surface area (Å²) in [7, 11) is -2.99. The number of hydrogen-bond acceptors (Lipinski definition) is 7. The van der Waals surface area contributed by atoms with Crippen LogP contribution in [-0.2, 0) is 9.84 Å². The van der Waals surface area contributed by atoms with Gasteiger partial charge in [-0.2, -0.15) is 0 Å². The van der Waals surface area contributed by atoms with E-state index in [9.17, 15) is 18.0 Å². The Morgan fingerprint density at radius 2 is 2.00 bits per heavy atom. The first-order valence-corrected chi connectivity index (χ1v) is 10.4. The lowest BCUT2D eigenvalue weighted by Crippen LogP contribution is -2.50. The lowest BCUT2D eigenvalue weighted by molar-refractivity contribution is 0.0641. The van der Waals surface area contributed by atoms with Crippen LogP contribution in [0.4, 0.5) is 0 Å². The van der Waals surface area contributed by atoms with Gasteiger partial charge in [0.15, 0.2) is 4.96 Å². The third-order valence-corrected chi connectivity index (χ3v) is 5.71. The van der Waals surface area contributed by atoms with E-state index in [0.29, 0.717) is 37.7 Å². The third kappa shape index (κ3) is 3.65. The molecule has 0 aliphatic carbocycles. The first-order valence-electron chi connectivity index (χ1n) is 7.49. The molecule has 8 nitrogen and oxygen atoms in total. The van der Waals surface area contributed by atoms with Gasteiger partial charge in [0.25, 0.3) is 11.5 Å². The van der Waals surface area contributed by atoms with Gasteiger partial charge in [-0.05, 0) is 0 Å². The second-order valence-electron chi connectivity index (χ2n) is 5.80. The molecule has 10 heteroatoms. The molecule has 0 unspecified atom stereocenters. The summed E-state index contributed by atoms with van der Waals surface area (Å²) in [5, 5.41) is 1.75. The van der Waals surface area contributed by atoms with E-state index in [1.807, 2.05) is 4.90 Å². The summed E-state index contributed by atoms with van der Waals surface area (Å²) in [6.07, 6.45) is 4.16. The minimum atomic E-state index is -2.99. The molecule has 0 atom stereocenters. The van der Waals surface area contributed by atoms with Crippen LogP contribution in [0.5, 0.6) is 0 Å². The first-order chi connectivity index (χ1) is 11.3. The van der Waals surface area contributed by atoms with Crippen LogP contribution in [0.25, 0.3) is 4.96 Å². The summed E-state index contributed by atoms with van der Waals surface area (Å²) in [5.41, 5.74) is -0.291. The summed E-state index contributed by atoms with van der Waals surface area (Å²) in [6, 6.07) is 0. The maximum absolute atomic E-state index is 12.6. The zero-order valence-corrected chi connectivity index (χ0v) is 14.8. The molecule has 130 valence electrons. The van der Waals surface area contributed by atoms with Crippen molar-refractivity contribution in [1.82, 2.24) is 19.2 Å². The van der Waals surface area contributed by atoms with E-state index in [2.05, 4.69) is 4.98 Å². The van der Waals surface area contributed by atoms with Gasteiger partial charge in [0.1, 0.15) is 15.4 Å². The number of nitrogens with zero attached hydrogens (tertiary/aromatic N) is 4. The molecule has 1 fully saturated rings. The van der Waals surface area contributed by atoms with Crippen molar-refractivity contribution in [2.45, 2.75) is 0 Å². The minimum absolute atomic E-state index is 0.0653. The Balaban J connectivity index is 1.66. The minimum Gasteiger partial charge on any atom is -0.336 e. The predicted octanol–water partition coefficient (Wildman–Crippen LogP) is -0.442. The number of hydrogen-bond donors (Lipinski definition) is 0. The molecule has 0 spiro atoms. The summed E-state index contributed by atoms with van der Waals surface area (Å²) in [4.78, 5) is 33.3. The van der Waals surface area contributed by atoms with E-state index < -0.39 is 9.84 Å². The second-order valence-corrected chi connectivity index (χ2v) is 8.93. The van der Waals surface area contributed by atoms with Gasteiger partial charge in [0, 0.05) is 56.8 Å². The average Bonchev–Trinajstić information content (AvgIpc) is 3.02. The number of aromatic nitrogens is 2. The Labute approximate surface area is 143 Å². The third-order valence-electron chi connectivity index (χ3n) is 4.01. The fourth-order valence-corrected chi connectivity index (χ4v) is 3.88. The molecule has 1 amide bonds. The highest BCUT2D eigenvalue weighted by atomic mass is 32.2. The van der Waals surface area contributed by atoms with Crippen molar-refractivity contribution < 1.29 is 13.2 Å². The van der Waals surface area contributed by atoms with Gasteiger partial charge in [-0.3, -0.25) is 18.9 Å². The molecule has 1 aliphatic rings. The van der Waals surface area contributed by atoms with E-state index >= 15 is 0 Å². The monoisotopic (exact) mass is 370 g/mol. The van der Waals surface area contributed by atoms with Crippen LogP contribution in [0, 0.1) is 0 Å². The largest absolute Gasteiger partial charge is 0.336 e. The quantitative estimate of drug-likeness (QED) is 0.724. The molecule has 0 bridgehead atoms. The fraction of sp³-hybridized carbons (Fsp3) is 0.500. The molecule has 1 aliphatic heterocycles. The van der Waals surface area contributed by atoms with Gasteiger partial charge >= 0.3 is 0 Å². The van der Waals surface area contributed by atoms with Gasteiger partial charge in [0.2, 0.25) is 0 Å². The molecular weight excluding hydrogens is 352 g/mol. The number of sulfone groups is 1. The predicted molar refractivity (Wildman–Crippen MR) is 91.4 cm³/mol. The molecular formula is C14H18N4O4S2. The van der Waals surface area contributed by atoms with E-state index in [1.165, 1.54) is 28.2 Å². The molecule has 2 aromatic rings. The molecule has 0 saturated carbocycles. The van der Waals surface area contributed by atoms with Crippen LogP contribution in [-0.4, -0.2) is 78.2 Å². The Bertz CT molecular complexity index is 910. The van der Waals surface area contributed by atoms with Crippen molar-refractivity contribution in [3.8, 4) is 0 Å². The summed E-state index contributed by atoms with van der Waals surface area (Å²) < 4.78 is 23.8. The number of thiazole rings is 1. The number of amides is 1. The average molecular weight is 370 g/mol. The molecule has 0 aromatic carbocycles. The Kier molecular flexibility index (Phi) is 4.70. The SMILES string of the molecule is CS(=O)(=O)CCN1CCN(C(=O)c2cnc3sccn3c2=O)CC1. The van der Waals surface area contributed by atoms with Gasteiger partial charge in [0.05, 0.1) is 5.75 Å². The normalized spacial score (nSPS) is 16.6. The van der Waals surface area contributed by atoms with Gasteiger partial charge < -0.3 is 4.90 Å². The number of fused-ring (bicyclic) bond motifs is 1. The topological polar surface area (TPSA) is 92.1 Å². The molecule has 0 N–H and O–H groups in total. The zero-order chi connectivity index (χ0) is 17.3. The van der Waals surface area contributed by atoms with E-state index in [1.54, 1.807) is 16.5 Å². The molecule has 1 saturated heterocycles. The van der Waals surface area contributed by atoms with Crippen molar-refractivity contribution in [2.75, 3.05) is 44.7 Å². The number of carbonyl (C=O) groups excluding carboxylic acids is 1. The maximum atomic E-state index is 12.6. The molecule has 3 rings (SSSR count). The highest BCUT2D eigenvalue weighted by Gasteiger charge is 2.25. The van der Waals surface area contributed by atoms with Crippen LogP contribution in [0.3, 0.4) is 0 Å². The van der Waals surface area contributed by atoms with Crippen LogP contribution in [0.1, 0.15) is 10.4 Å². The first kappa shape index (κ1) is 17.1. The summed E-state index contributed by atoms with van der Waals surface area (Å²) in [6.45, 7) is 2.59. The van der Waals surface area contributed by atoms with Crippen molar-refractivity contribution in [1.29, 1.82) is 0 Å². The fourth-order valence-electron chi connectivity index (χ4n) is 2.61. The summed E-state index contributed by atoms with van der Waals surface area (Å²) >= 11 is 1.34. The van der Waals surface area contributed by atoms with Gasteiger partial charge in [-0.15, -0.1) is 11.3 Å². The lowest BCUT2D eigenvalue weighted by atomic mass is 10.2. The maximum Gasteiger partial charge on any atom is 0.271 e. The standard InChI is InChI=1S/C14H18N4O4S2/c1-24(21,22)9-7-16-2-4-17(5-3-16)12(19)11-10-15-14-18(13(11)20)6-8-23-14/h6,8,10H,2-5,7,9H2,1H3. The van der Waals surface area contributed by atoms with E-state index in [0.717, 1.165) is 0 Å². The van der Waals surface area contributed by atoms with Crippen LogP contribution in [0.2, 0.25) is 0 Å². The van der Waals surface area contributed by atoms with Crippen LogP contribution < -0.4 is 5.56 Å². The molecule has 3 heterocycles. The summed E-state index contributed by atoms with van der Waals surface area (Å²) in [5.74, 6) is -0.211.